The number of benzene rings is 2. The first-order valence-corrected chi connectivity index (χ1v) is 13.8. The maximum absolute atomic E-state index is 13.6. The Morgan fingerprint density at radius 1 is 1.11 bits per heavy atom. The molecule has 2 aromatic carbocycles. The van der Waals surface area contributed by atoms with Gasteiger partial charge in [-0.1, -0.05) is 42.8 Å². The van der Waals surface area contributed by atoms with Crippen LogP contribution in [0.1, 0.15) is 43.9 Å². The molecule has 1 unspecified atom stereocenters. The molecule has 37 heavy (non-hydrogen) atoms. The highest BCUT2D eigenvalue weighted by Crippen LogP contribution is 2.36. The number of hydrogen-bond donors (Lipinski definition) is 1. The normalized spacial score (nSPS) is 12.8. The van der Waals surface area contributed by atoms with Crippen molar-refractivity contribution < 1.29 is 31.2 Å². The average Bonchev–Trinajstić information content (AvgIpc) is 2.77. The molecule has 7 nitrogen and oxygen atoms in total. The number of alkyl halides is 3. The smallest absolute Gasteiger partial charge is 0.352 e. The number of nitrogens with one attached hydrogen (secondary N) is 1. The van der Waals surface area contributed by atoms with Gasteiger partial charge in [0.1, 0.15) is 12.6 Å². The molecule has 0 aliphatic carbocycles. The van der Waals surface area contributed by atoms with E-state index in [9.17, 15) is 31.2 Å². The van der Waals surface area contributed by atoms with Crippen LogP contribution >= 0.6 is 11.6 Å². The van der Waals surface area contributed by atoms with Crippen molar-refractivity contribution in [2.75, 3.05) is 17.1 Å². The summed E-state index contributed by atoms with van der Waals surface area (Å²) in [6.07, 6.45) is -3.77. The number of halogens is 4. The number of amides is 2. The minimum Gasteiger partial charge on any atom is -0.352 e. The van der Waals surface area contributed by atoms with Crippen LogP contribution in [0, 0.1) is 6.92 Å². The van der Waals surface area contributed by atoms with Crippen molar-refractivity contribution >= 4 is 39.1 Å². The van der Waals surface area contributed by atoms with Crippen LogP contribution in [0.15, 0.2) is 42.5 Å². The molecule has 12 heteroatoms. The van der Waals surface area contributed by atoms with Crippen LogP contribution in [0.5, 0.6) is 0 Å². The second kappa shape index (κ2) is 12.2. The lowest BCUT2D eigenvalue weighted by molar-refractivity contribution is -0.140. The van der Waals surface area contributed by atoms with Crippen LogP contribution in [0.4, 0.5) is 18.9 Å². The summed E-state index contributed by atoms with van der Waals surface area (Å²) in [5, 5.41) is 2.49. The molecule has 0 bridgehead atoms. The molecule has 0 saturated heterocycles. The third kappa shape index (κ3) is 8.10. The van der Waals surface area contributed by atoms with Gasteiger partial charge in [0, 0.05) is 12.6 Å². The fourth-order valence-corrected chi connectivity index (χ4v) is 4.87. The number of anilines is 1. The summed E-state index contributed by atoms with van der Waals surface area (Å²) >= 11 is 6.10. The summed E-state index contributed by atoms with van der Waals surface area (Å²) in [5.41, 5.74) is -0.0228. The number of carbonyl (C=O) groups is 2. The van der Waals surface area contributed by atoms with Crippen molar-refractivity contribution in [2.45, 2.75) is 58.9 Å². The quantitative estimate of drug-likeness (QED) is 0.453. The zero-order chi connectivity index (χ0) is 28.1. The molecule has 0 aliphatic rings. The first-order chi connectivity index (χ1) is 17.1. The lowest BCUT2D eigenvalue weighted by atomic mass is 10.1. The molecular weight excluding hydrogens is 531 g/mol. The Bertz CT molecular complexity index is 1240. The van der Waals surface area contributed by atoms with Crippen molar-refractivity contribution in [2.24, 2.45) is 0 Å². The van der Waals surface area contributed by atoms with E-state index in [1.54, 1.807) is 32.9 Å². The minimum atomic E-state index is -4.76. The fraction of sp³-hybridized carbons (Fsp3) is 0.440. The molecule has 2 aromatic rings. The van der Waals surface area contributed by atoms with Gasteiger partial charge in [-0.05, 0) is 56.5 Å². The number of carbonyl (C=O) groups excluding carboxylic acids is 2. The average molecular weight is 562 g/mol. The van der Waals surface area contributed by atoms with Gasteiger partial charge in [0.15, 0.2) is 0 Å². The minimum absolute atomic E-state index is 0.0105. The van der Waals surface area contributed by atoms with Crippen molar-refractivity contribution in [3.63, 3.8) is 0 Å². The van der Waals surface area contributed by atoms with Gasteiger partial charge in [-0.15, -0.1) is 0 Å². The summed E-state index contributed by atoms with van der Waals surface area (Å²) < 4.78 is 65.9. The standard InChI is InChI=1S/C25H31ClF3N3O4S/c1-6-21(24(34)30-16(2)3)31(14-18-10-8-7-9-17(18)4)23(33)15-32(37(5,35)36)22-13-19(25(27,28)29)11-12-20(22)26/h7-13,16,21H,6,14-15H2,1-5H3,(H,30,34). The Balaban J connectivity index is 2.56. The third-order valence-electron chi connectivity index (χ3n) is 5.64. The van der Waals surface area contributed by atoms with Crippen molar-refractivity contribution in [1.29, 1.82) is 0 Å². The topological polar surface area (TPSA) is 86.8 Å². The molecule has 1 atom stereocenters. The Kier molecular flexibility index (Phi) is 10.0. The number of aryl methyl sites for hydroxylation is 1. The lowest BCUT2D eigenvalue weighted by Crippen LogP contribution is -2.53. The second-order valence-corrected chi connectivity index (χ2v) is 11.3. The molecule has 1 N–H and O–H groups in total. The largest absolute Gasteiger partial charge is 0.416 e. The molecular formula is C25H31ClF3N3O4S. The number of hydrogen-bond acceptors (Lipinski definition) is 4. The highest BCUT2D eigenvalue weighted by Gasteiger charge is 2.35. The maximum Gasteiger partial charge on any atom is 0.416 e. The lowest BCUT2D eigenvalue weighted by Gasteiger charge is -2.33. The fourth-order valence-electron chi connectivity index (χ4n) is 3.75. The maximum atomic E-state index is 13.6. The van der Waals surface area contributed by atoms with E-state index in [1.807, 2.05) is 19.1 Å². The van der Waals surface area contributed by atoms with Crippen LogP contribution in [0.2, 0.25) is 5.02 Å². The van der Waals surface area contributed by atoms with Crippen LogP contribution in [0.25, 0.3) is 0 Å². The predicted octanol–water partition coefficient (Wildman–Crippen LogP) is 4.77. The molecule has 0 spiro atoms. The molecule has 2 amide bonds. The highest BCUT2D eigenvalue weighted by atomic mass is 35.5. The van der Waals surface area contributed by atoms with Gasteiger partial charge < -0.3 is 10.2 Å². The monoisotopic (exact) mass is 561 g/mol. The molecule has 204 valence electrons. The van der Waals surface area contributed by atoms with Crippen molar-refractivity contribution in [1.82, 2.24) is 10.2 Å². The van der Waals surface area contributed by atoms with Gasteiger partial charge in [-0.25, -0.2) is 8.42 Å². The van der Waals surface area contributed by atoms with E-state index in [1.165, 1.54) is 4.90 Å². The zero-order valence-electron chi connectivity index (χ0n) is 21.3. The van der Waals surface area contributed by atoms with Crippen LogP contribution in [-0.4, -0.2) is 50.0 Å². The summed E-state index contributed by atoms with van der Waals surface area (Å²) in [7, 11) is -4.25. The van der Waals surface area contributed by atoms with Crippen LogP contribution in [-0.2, 0) is 32.3 Å². The first kappa shape index (κ1) is 30.4. The molecule has 0 radical (unpaired) electrons. The van der Waals surface area contributed by atoms with Gasteiger partial charge >= 0.3 is 6.18 Å². The van der Waals surface area contributed by atoms with E-state index in [2.05, 4.69) is 5.32 Å². The number of sulfonamides is 1. The highest BCUT2D eigenvalue weighted by molar-refractivity contribution is 7.92. The van der Waals surface area contributed by atoms with Crippen molar-refractivity contribution in [3.8, 4) is 0 Å². The van der Waals surface area contributed by atoms with Crippen LogP contribution < -0.4 is 9.62 Å². The summed E-state index contributed by atoms with van der Waals surface area (Å²) in [5.74, 6) is -1.20. The summed E-state index contributed by atoms with van der Waals surface area (Å²) in [4.78, 5) is 27.9. The second-order valence-electron chi connectivity index (χ2n) is 8.97. The molecule has 2 rings (SSSR count). The van der Waals surface area contributed by atoms with E-state index >= 15 is 0 Å². The molecule has 0 heterocycles. The Hall–Kier alpha value is -2.79. The van der Waals surface area contributed by atoms with E-state index < -0.39 is 51.9 Å². The third-order valence-corrected chi connectivity index (χ3v) is 7.09. The van der Waals surface area contributed by atoms with Gasteiger partial charge in [-0.3, -0.25) is 13.9 Å². The van der Waals surface area contributed by atoms with Gasteiger partial charge in [0.05, 0.1) is 22.5 Å². The molecule has 0 aliphatic heterocycles. The molecule has 0 saturated carbocycles. The van der Waals surface area contributed by atoms with Crippen molar-refractivity contribution in [3.05, 3.63) is 64.2 Å². The predicted molar refractivity (Wildman–Crippen MR) is 138 cm³/mol. The zero-order valence-corrected chi connectivity index (χ0v) is 22.8. The molecule has 0 aromatic heterocycles. The summed E-state index contributed by atoms with van der Waals surface area (Å²) in [6.45, 7) is 6.21. The Morgan fingerprint density at radius 2 is 1.73 bits per heavy atom. The number of nitrogens with zero attached hydrogens (tertiary/aromatic N) is 2. The number of rotatable bonds is 10. The van der Waals surface area contributed by atoms with Gasteiger partial charge in [0.2, 0.25) is 21.8 Å². The van der Waals surface area contributed by atoms with Crippen LogP contribution in [0.3, 0.4) is 0 Å². The van der Waals surface area contributed by atoms with Gasteiger partial charge in [-0.2, -0.15) is 13.2 Å². The van der Waals surface area contributed by atoms with E-state index in [0.717, 1.165) is 29.5 Å². The summed E-state index contributed by atoms with van der Waals surface area (Å²) in [6, 6.07) is 8.27. The van der Waals surface area contributed by atoms with E-state index in [4.69, 9.17) is 11.6 Å². The molecule has 0 fully saturated rings. The van der Waals surface area contributed by atoms with E-state index in [0.29, 0.717) is 10.4 Å². The first-order valence-electron chi connectivity index (χ1n) is 11.5. The Morgan fingerprint density at radius 3 is 2.24 bits per heavy atom. The SMILES string of the molecule is CCC(C(=O)NC(C)C)N(Cc1ccccc1C)C(=O)CN(c1cc(C(F)(F)F)ccc1Cl)S(C)(=O)=O. The Labute approximate surface area is 220 Å². The van der Waals surface area contributed by atoms with Gasteiger partial charge in [0.25, 0.3) is 0 Å². The van der Waals surface area contributed by atoms with E-state index in [-0.39, 0.29) is 24.0 Å².